The van der Waals surface area contributed by atoms with Crippen LogP contribution in [0.1, 0.15) is 18.5 Å². The van der Waals surface area contributed by atoms with Crippen LogP contribution < -0.4 is 5.32 Å². The number of likely N-dealkylation sites (tertiary alicyclic amines) is 1. The molecule has 19 heavy (non-hydrogen) atoms. The lowest BCUT2D eigenvalue weighted by molar-refractivity contribution is -0.126. The lowest BCUT2D eigenvalue weighted by Gasteiger charge is -2.31. The van der Waals surface area contributed by atoms with Crippen LogP contribution in [0.3, 0.4) is 0 Å². The Morgan fingerprint density at radius 1 is 1.53 bits per heavy atom. The molecule has 4 nitrogen and oxygen atoms in total. The Morgan fingerprint density at radius 3 is 3.05 bits per heavy atom. The first-order chi connectivity index (χ1) is 9.10. The highest BCUT2D eigenvalue weighted by Crippen LogP contribution is 2.22. The fourth-order valence-electron chi connectivity index (χ4n) is 2.40. The quantitative estimate of drug-likeness (QED) is 0.872. The van der Waals surface area contributed by atoms with Gasteiger partial charge in [-0.2, -0.15) is 0 Å². The van der Waals surface area contributed by atoms with Gasteiger partial charge in [0, 0.05) is 20.1 Å². The zero-order chi connectivity index (χ0) is 13.8. The standard InChI is InChI=1S/C13H17Cl2N3O/c1-16-13(19)9-3-2-6-18(7-9)8-11-10(14)4-5-12(15)17-11/h4-5,9H,2-3,6-8H2,1H3,(H,16,19). The summed E-state index contributed by atoms with van der Waals surface area (Å²) in [6, 6.07) is 3.43. The number of amides is 1. The molecule has 0 radical (unpaired) electrons. The number of halogens is 2. The molecule has 1 saturated heterocycles. The second-order valence-electron chi connectivity index (χ2n) is 4.75. The van der Waals surface area contributed by atoms with Gasteiger partial charge in [0.15, 0.2) is 0 Å². The molecule has 0 saturated carbocycles. The molecule has 1 amide bonds. The van der Waals surface area contributed by atoms with E-state index < -0.39 is 0 Å². The van der Waals surface area contributed by atoms with E-state index >= 15 is 0 Å². The van der Waals surface area contributed by atoms with Crippen LogP contribution >= 0.6 is 23.2 Å². The smallest absolute Gasteiger partial charge is 0.224 e. The van der Waals surface area contributed by atoms with E-state index in [0.717, 1.165) is 31.6 Å². The summed E-state index contributed by atoms with van der Waals surface area (Å²) in [7, 11) is 1.68. The first-order valence-corrected chi connectivity index (χ1v) is 7.10. The number of hydrogen-bond donors (Lipinski definition) is 1. The van der Waals surface area contributed by atoms with Crippen LogP contribution in [0.4, 0.5) is 0 Å². The maximum atomic E-state index is 11.7. The maximum absolute atomic E-state index is 11.7. The number of hydrogen-bond acceptors (Lipinski definition) is 3. The number of aromatic nitrogens is 1. The number of rotatable bonds is 3. The minimum Gasteiger partial charge on any atom is -0.359 e. The fraction of sp³-hybridized carbons (Fsp3) is 0.538. The van der Waals surface area contributed by atoms with E-state index in [4.69, 9.17) is 23.2 Å². The second kappa shape index (κ2) is 6.55. The zero-order valence-corrected chi connectivity index (χ0v) is 12.3. The Balaban J connectivity index is 2.02. The highest BCUT2D eigenvalue weighted by Gasteiger charge is 2.25. The van der Waals surface area contributed by atoms with Crippen LogP contribution in [0.25, 0.3) is 0 Å². The zero-order valence-electron chi connectivity index (χ0n) is 10.8. The van der Waals surface area contributed by atoms with Crippen LogP contribution in [0.15, 0.2) is 12.1 Å². The number of carbonyl (C=O) groups excluding carboxylic acids is 1. The number of pyridine rings is 1. The first-order valence-electron chi connectivity index (χ1n) is 6.35. The van der Waals surface area contributed by atoms with Crippen molar-refractivity contribution in [3.63, 3.8) is 0 Å². The lowest BCUT2D eigenvalue weighted by Crippen LogP contribution is -2.41. The van der Waals surface area contributed by atoms with Gasteiger partial charge in [-0.3, -0.25) is 9.69 Å². The first kappa shape index (κ1) is 14.6. The third-order valence-corrected chi connectivity index (χ3v) is 3.94. The van der Waals surface area contributed by atoms with Crippen molar-refractivity contribution in [1.29, 1.82) is 0 Å². The average Bonchev–Trinajstić information content (AvgIpc) is 2.42. The molecule has 1 fully saturated rings. The van der Waals surface area contributed by atoms with Crippen molar-refractivity contribution < 1.29 is 4.79 Å². The molecule has 1 aromatic heterocycles. The van der Waals surface area contributed by atoms with Gasteiger partial charge >= 0.3 is 0 Å². The van der Waals surface area contributed by atoms with Crippen molar-refractivity contribution in [2.24, 2.45) is 5.92 Å². The Morgan fingerprint density at radius 2 is 2.32 bits per heavy atom. The molecule has 1 atom stereocenters. The van der Waals surface area contributed by atoms with Gasteiger partial charge in [0.2, 0.25) is 5.91 Å². The maximum Gasteiger partial charge on any atom is 0.224 e. The Kier molecular flexibility index (Phi) is 5.02. The third kappa shape index (κ3) is 3.81. The van der Waals surface area contributed by atoms with Gasteiger partial charge in [0.25, 0.3) is 0 Å². The molecule has 0 aliphatic carbocycles. The highest BCUT2D eigenvalue weighted by molar-refractivity contribution is 6.32. The van der Waals surface area contributed by atoms with Crippen molar-refractivity contribution in [3.8, 4) is 0 Å². The minimum absolute atomic E-state index is 0.0525. The third-order valence-electron chi connectivity index (χ3n) is 3.38. The van der Waals surface area contributed by atoms with Crippen LogP contribution in [0.5, 0.6) is 0 Å². The van der Waals surface area contributed by atoms with E-state index in [1.807, 2.05) is 0 Å². The Labute approximate surface area is 123 Å². The van der Waals surface area contributed by atoms with Gasteiger partial charge in [-0.1, -0.05) is 23.2 Å². The van der Waals surface area contributed by atoms with Gasteiger partial charge in [0.1, 0.15) is 5.15 Å². The van der Waals surface area contributed by atoms with Crippen molar-refractivity contribution in [2.75, 3.05) is 20.1 Å². The number of nitrogens with one attached hydrogen (secondary N) is 1. The molecule has 1 aliphatic heterocycles. The molecule has 1 N–H and O–H groups in total. The van der Waals surface area contributed by atoms with Crippen molar-refractivity contribution in [2.45, 2.75) is 19.4 Å². The number of carbonyl (C=O) groups is 1. The average molecular weight is 302 g/mol. The Bertz CT molecular complexity index is 467. The van der Waals surface area contributed by atoms with E-state index in [2.05, 4.69) is 15.2 Å². The summed E-state index contributed by atoms with van der Waals surface area (Å²) in [6.45, 7) is 2.33. The largest absolute Gasteiger partial charge is 0.359 e. The molecule has 0 aromatic carbocycles. The summed E-state index contributed by atoms with van der Waals surface area (Å²) in [4.78, 5) is 18.1. The number of piperidine rings is 1. The van der Waals surface area contributed by atoms with Crippen molar-refractivity contribution in [3.05, 3.63) is 28.0 Å². The molecular formula is C13H17Cl2N3O. The molecule has 2 heterocycles. The molecule has 6 heteroatoms. The lowest BCUT2D eigenvalue weighted by atomic mass is 9.97. The number of nitrogens with zero attached hydrogens (tertiary/aromatic N) is 2. The Hall–Kier alpha value is -0.840. The summed E-state index contributed by atoms with van der Waals surface area (Å²) >= 11 is 12.0. The van der Waals surface area contributed by atoms with Gasteiger partial charge < -0.3 is 5.32 Å². The van der Waals surface area contributed by atoms with Crippen LogP contribution in [-0.2, 0) is 11.3 Å². The van der Waals surface area contributed by atoms with Gasteiger partial charge in [0.05, 0.1) is 16.6 Å². The van der Waals surface area contributed by atoms with Gasteiger partial charge in [-0.15, -0.1) is 0 Å². The molecule has 0 spiro atoms. The predicted molar refractivity (Wildman–Crippen MR) is 76.3 cm³/mol. The van der Waals surface area contributed by atoms with Crippen molar-refractivity contribution >= 4 is 29.1 Å². The summed E-state index contributed by atoms with van der Waals surface area (Å²) in [5.41, 5.74) is 0.770. The molecule has 1 aliphatic rings. The fourth-order valence-corrected chi connectivity index (χ4v) is 2.73. The summed E-state index contributed by atoms with van der Waals surface area (Å²) < 4.78 is 0. The van der Waals surface area contributed by atoms with Crippen LogP contribution in [0, 0.1) is 5.92 Å². The van der Waals surface area contributed by atoms with E-state index in [1.165, 1.54) is 0 Å². The van der Waals surface area contributed by atoms with Gasteiger partial charge in [-0.25, -0.2) is 4.98 Å². The summed E-state index contributed by atoms with van der Waals surface area (Å²) in [5, 5.41) is 3.77. The second-order valence-corrected chi connectivity index (χ2v) is 5.55. The predicted octanol–water partition coefficient (Wildman–Crippen LogP) is 2.35. The normalized spacial score (nSPS) is 20.3. The SMILES string of the molecule is CNC(=O)C1CCCN(Cc2nc(Cl)ccc2Cl)C1. The summed E-state index contributed by atoms with van der Waals surface area (Å²) in [6.07, 6.45) is 1.95. The molecule has 1 unspecified atom stereocenters. The van der Waals surface area contributed by atoms with E-state index in [-0.39, 0.29) is 11.8 Å². The van der Waals surface area contributed by atoms with E-state index in [1.54, 1.807) is 19.2 Å². The molecule has 0 bridgehead atoms. The van der Waals surface area contributed by atoms with E-state index in [9.17, 15) is 4.79 Å². The highest BCUT2D eigenvalue weighted by atomic mass is 35.5. The molecule has 104 valence electrons. The monoisotopic (exact) mass is 301 g/mol. The van der Waals surface area contributed by atoms with Crippen LogP contribution in [-0.4, -0.2) is 35.9 Å². The minimum atomic E-state index is 0.0525. The van der Waals surface area contributed by atoms with Gasteiger partial charge in [-0.05, 0) is 31.5 Å². The molecular weight excluding hydrogens is 285 g/mol. The topological polar surface area (TPSA) is 45.2 Å². The molecule has 2 rings (SSSR count). The van der Waals surface area contributed by atoms with E-state index in [0.29, 0.717) is 16.7 Å². The van der Waals surface area contributed by atoms with Crippen molar-refractivity contribution in [1.82, 2.24) is 15.2 Å². The van der Waals surface area contributed by atoms with Crippen LogP contribution in [0.2, 0.25) is 10.2 Å². The summed E-state index contributed by atoms with van der Waals surface area (Å²) in [5.74, 6) is 0.159. The molecule has 1 aromatic rings.